The van der Waals surface area contributed by atoms with E-state index in [1.807, 2.05) is 13.8 Å². The Morgan fingerprint density at radius 3 is 2.39 bits per heavy atom. The van der Waals surface area contributed by atoms with Crippen LogP contribution in [0, 0.1) is 19.3 Å². The lowest BCUT2D eigenvalue weighted by molar-refractivity contribution is 0.437. The summed E-state index contributed by atoms with van der Waals surface area (Å²) in [6.07, 6.45) is 6.99. The number of rotatable bonds is 6. The molecular weight excluding hydrogens is 246 g/mol. The van der Waals surface area contributed by atoms with Crippen LogP contribution in [0.5, 0.6) is 0 Å². The minimum Gasteiger partial charge on any atom is -0.207 e. The van der Waals surface area contributed by atoms with Crippen molar-refractivity contribution < 1.29 is 8.42 Å². The van der Waals surface area contributed by atoms with Gasteiger partial charge in [0.25, 0.3) is 0 Å². The van der Waals surface area contributed by atoms with Gasteiger partial charge in [0.1, 0.15) is 0 Å². The lowest BCUT2D eigenvalue weighted by atomic mass is 10.2. The molecule has 0 radical (unpaired) electrons. The van der Waals surface area contributed by atoms with E-state index in [0.717, 1.165) is 18.4 Å². The number of hydrogen-bond acceptors (Lipinski definition) is 2. The van der Waals surface area contributed by atoms with Crippen LogP contribution in [-0.4, -0.2) is 25.8 Å². The van der Waals surface area contributed by atoms with Crippen LogP contribution in [-0.2, 0) is 10.0 Å². The molecule has 18 heavy (non-hydrogen) atoms. The van der Waals surface area contributed by atoms with Crippen LogP contribution < -0.4 is 0 Å². The van der Waals surface area contributed by atoms with Crippen molar-refractivity contribution in [2.45, 2.75) is 31.6 Å². The first-order valence-corrected chi connectivity index (χ1v) is 7.46. The Morgan fingerprint density at radius 1 is 1.28 bits per heavy atom. The molecule has 0 fully saturated rings. The molecule has 0 heterocycles. The van der Waals surface area contributed by atoms with E-state index in [2.05, 4.69) is 5.92 Å². The van der Waals surface area contributed by atoms with Gasteiger partial charge in [0, 0.05) is 6.54 Å². The summed E-state index contributed by atoms with van der Waals surface area (Å²) in [6, 6.07) is 6.84. The zero-order valence-electron chi connectivity index (χ0n) is 10.9. The Bertz CT molecular complexity index is 512. The fraction of sp³-hybridized carbons (Fsp3) is 0.429. The maximum absolute atomic E-state index is 12.4. The average Bonchev–Trinajstić information content (AvgIpc) is 2.35. The third kappa shape index (κ3) is 3.59. The van der Waals surface area contributed by atoms with E-state index in [1.54, 1.807) is 24.3 Å². The molecule has 1 aromatic rings. The second kappa shape index (κ2) is 6.58. The maximum atomic E-state index is 12.4. The molecule has 4 heteroatoms. The molecule has 0 bridgehead atoms. The average molecular weight is 265 g/mol. The van der Waals surface area contributed by atoms with E-state index in [0.29, 0.717) is 11.4 Å². The molecule has 0 unspecified atom stereocenters. The molecule has 0 aliphatic heterocycles. The van der Waals surface area contributed by atoms with Gasteiger partial charge < -0.3 is 0 Å². The number of sulfonamides is 1. The normalized spacial score (nSPS) is 11.4. The lowest BCUT2D eigenvalue weighted by Gasteiger charge is -2.19. The highest BCUT2D eigenvalue weighted by atomic mass is 32.2. The minimum absolute atomic E-state index is 0.121. The number of terminal acetylenes is 1. The minimum atomic E-state index is -3.46. The fourth-order valence-electron chi connectivity index (χ4n) is 1.58. The third-order valence-electron chi connectivity index (χ3n) is 2.69. The molecule has 0 atom stereocenters. The van der Waals surface area contributed by atoms with Crippen LogP contribution in [0.1, 0.15) is 25.3 Å². The van der Waals surface area contributed by atoms with Gasteiger partial charge in [-0.2, -0.15) is 4.31 Å². The maximum Gasteiger partial charge on any atom is 0.243 e. The number of hydrogen-bond donors (Lipinski definition) is 0. The van der Waals surface area contributed by atoms with Gasteiger partial charge >= 0.3 is 0 Å². The van der Waals surface area contributed by atoms with Crippen molar-refractivity contribution in [2.75, 3.05) is 13.1 Å². The third-order valence-corrected chi connectivity index (χ3v) is 4.55. The van der Waals surface area contributed by atoms with Crippen LogP contribution in [0.2, 0.25) is 0 Å². The van der Waals surface area contributed by atoms with E-state index in [9.17, 15) is 8.42 Å². The van der Waals surface area contributed by atoms with Crippen molar-refractivity contribution in [1.29, 1.82) is 0 Å². The zero-order chi connectivity index (χ0) is 13.6. The molecule has 0 spiro atoms. The highest BCUT2D eigenvalue weighted by Crippen LogP contribution is 2.16. The van der Waals surface area contributed by atoms with Crippen molar-refractivity contribution in [3.05, 3.63) is 29.8 Å². The molecule has 0 aliphatic carbocycles. The Morgan fingerprint density at radius 2 is 1.89 bits per heavy atom. The zero-order valence-corrected chi connectivity index (χ0v) is 11.7. The molecule has 0 N–H and O–H groups in total. The highest BCUT2D eigenvalue weighted by molar-refractivity contribution is 7.89. The van der Waals surface area contributed by atoms with E-state index >= 15 is 0 Å². The van der Waals surface area contributed by atoms with Gasteiger partial charge in [-0.05, 0) is 25.5 Å². The van der Waals surface area contributed by atoms with Crippen LogP contribution in [0.4, 0.5) is 0 Å². The molecule has 3 nitrogen and oxygen atoms in total. The van der Waals surface area contributed by atoms with Crippen molar-refractivity contribution in [2.24, 2.45) is 0 Å². The number of aryl methyl sites for hydroxylation is 1. The Kier molecular flexibility index (Phi) is 5.39. The van der Waals surface area contributed by atoms with Gasteiger partial charge in [-0.25, -0.2) is 8.42 Å². The molecule has 1 aromatic carbocycles. The molecule has 0 saturated heterocycles. The molecule has 0 saturated carbocycles. The smallest absolute Gasteiger partial charge is 0.207 e. The predicted molar refractivity (Wildman–Crippen MR) is 73.7 cm³/mol. The highest BCUT2D eigenvalue weighted by Gasteiger charge is 2.22. The summed E-state index contributed by atoms with van der Waals surface area (Å²) in [5, 5.41) is 0. The van der Waals surface area contributed by atoms with Crippen molar-refractivity contribution >= 4 is 10.0 Å². The number of nitrogens with zero attached hydrogens (tertiary/aromatic N) is 1. The molecule has 98 valence electrons. The van der Waals surface area contributed by atoms with Gasteiger partial charge in [0.2, 0.25) is 10.0 Å². The quantitative estimate of drug-likeness (QED) is 0.741. The van der Waals surface area contributed by atoms with E-state index < -0.39 is 10.0 Å². The lowest BCUT2D eigenvalue weighted by Crippen LogP contribution is -2.32. The summed E-state index contributed by atoms with van der Waals surface area (Å²) in [5.74, 6) is 2.41. The SMILES string of the molecule is C#CCN(CCCC)S(=O)(=O)c1ccc(C)cc1. The summed E-state index contributed by atoms with van der Waals surface area (Å²) in [6.45, 7) is 4.53. The molecule has 0 aromatic heterocycles. The Hall–Kier alpha value is -1.31. The van der Waals surface area contributed by atoms with E-state index in [4.69, 9.17) is 6.42 Å². The fourth-order valence-corrected chi connectivity index (χ4v) is 2.97. The van der Waals surface area contributed by atoms with Crippen molar-refractivity contribution in [3.8, 4) is 12.3 Å². The van der Waals surface area contributed by atoms with Crippen LogP contribution in [0.25, 0.3) is 0 Å². The first-order chi connectivity index (χ1) is 8.52. The molecular formula is C14H19NO2S. The molecule has 0 aliphatic rings. The van der Waals surface area contributed by atoms with Gasteiger partial charge in [-0.15, -0.1) is 6.42 Å². The van der Waals surface area contributed by atoms with E-state index in [-0.39, 0.29) is 6.54 Å². The summed E-state index contributed by atoms with van der Waals surface area (Å²) in [5.41, 5.74) is 1.03. The second-order valence-corrected chi connectivity index (χ2v) is 6.15. The first kappa shape index (κ1) is 14.7. The van der Waals surface area contributed by atoms with Crippen LogP contribution in [0.3, 0.4) is 0 Å². The number of benzene rings is 1. The predicted octanol–water partition coefficient (Wildman–Crippen LogP) is 2.42. The Labute approximate surface area is 110 Å². The summed E-state index contributed by atoms with van der Waals surface area (Å²) in [4.78, 5) is 0.305. The summed E-state index contributed by atoms with van der Waals surface area (Å²) in [7, 11) is -3.46. The van der Waals surface area contributed by atoms with Gasteiger partial charge in [0.15, 0.2) is 0 Å². The largest absolute Gasteiger partial charge is 0.243 e. The molecule has 0 amide bonds. The van der Waals surface area contributed by atoms with Gasteiger partial charge in [-0.1, -0.05) is 37.0 Å². The monoisotopic (exact) mass is 265 g/mol. The van der Waals surface area contributed by atoms with Gasteiger partial charge in [0.05, 0.1) is 11.4 Å². The van der Waals surface area contributed by atoms with Crippen LogP contribution in [0.15, 0.2) is 29.2 Å². The second-order valence-electron chi connectivity index (χ2n) is 4.21. The standard InChI is InChI=1S/C14H19NO2S/c1-4-6-12-15(11-5-2)18(16,17)14-9-7-13(3)8-10-14/h2,7-10H,4,6,11-12H2,1,3H3. The van der Waals surface area contributed by atoms with Crippen molar-refractivity contribution in [3.63, 3.8) is 0 Å². The topological polar surface area (TPSA) is 37.4 Å². The van der Waals surface area contributed by atoms with Gasteiger partial charge in [-0.3, -0.25) is 0 Å². The first-order valence-electron chi connectivity index (χ1n) is 6.02. The molecule has 1 rings (SSSR count). The summed E-state index contributed by atoms with van der Waals surface area (Å²) >= 11 is 0. The Balaban J connectivity index is 3.01. The number of unbranched alkanes of at least 4 members (excludes halogenated alkanes) is 1. The van der Waals surface area contributed by atoms with E-state index in [1.165, 1.54) is 4.31 Å². The van der Waals surface area contributed by atoms with Crippen molar-refractivity contribution in [1.82, 2.24) is 4.31 Å². The summed E-state index contributed by atoms with van der Waals surface area (Å²) < 4.78 is 26.1. The van der Waals surface area contributed by atoms with Crippen LogP contribution >= 0.6 is 0 Å².